The molecule has 1 rings (SSSR count). The lowest BCUT2D eigenvalue weighted by atomic mass is 10.0. The summed E-state index contributed by atoms with van der Waals surface area (Å²) in [7, 11) is 0. The lowest BCUT2D eigenvalue weighted by Gasteiger charge is -2.18. The van der Waals surface area contributed by atoms with Crippen LogP contribution in [0.4, 0.5) is 4.79 Å². The zero-order valence-electron chi connectivity index (χ0n) is 13.4. The molecule has 1 aromatic carbocycles. The quantitative estimate of drug-likeness (QED) is 0.661. The molecule has 23 heavy (non-hydrogen) atoms. The number of alkyl carbamates (subject to hydrolysis) is 1. The first-order chi connectivity index (χ1) is 10.9. The van der Waals surface area contributed by atoms with Crippen LogP contribution in [-0.4, -0.2) is 30.5 Å². The van der Waals surface area contributed by atoms with Crippen LogP contribution in [0.5, 0.6) is 0 Å². The van der Waals surface area contributed by atoms with Crippen molar-refractivity contribution in [1.82, 2.24) is 10.6 Å². The van der Waals surface area contributed by atoms with Crippen molar-refractivity contribution in [2.75, 3.05) is 6.54 Å². The molecule has 1 aromatic rings. The van der Waals surface area contributed by atoms with Crippen molar-refractivity contribution < 1.29 is 19.1 Å². The Hall–Kier alpha value is -2.57. The number of carbonyl (C=O) groups excluding carboxylic acids is 3. The zero-order valence-corrected chi connectivity index (χ0v) is 13.4. The lowest BCUT2D eigenvalue weighted by molar-refractivity contribution is -0.128. The Kier molecular flexibility index (Phi) is 7.59. The standard InChI is InChI=1S/C16H23N3O4/c1-11(2)14(15(17)21)19-13(20)8-9-18-16(22)23-10-12-6-4-3-5-7-12/h3-7,11,14H,8-10H2,1-2H3,(H2,17,21)(H,18,22)(H,19,20). The summed E-state index contributed by atoms with van der Waals surface area (Å²) in [6, 6.07) is 8.55. The van der Waals surface area contributed by atoms with Gasteiger partial charge in [0.05, 0.1) is 0 Å². The maximum Gasteiger partial charge on any atom is 0.407 e. The third kappa shape index (κ3) is 7.30. The Morgan fingerprint density at radius 2 is 1.83 bits per heavy atom. The molecule has 7 heteroatoms. The fourth-order valence-electron chi connectivity index (χ4n) is 1.86. The van der Waals surface area contributed by atoms with Crippen molar-refractivity contribution in [3.63, 3.8) is 0 Å². The van der Waals surface area contributed by atoms with E-state index in [1.54, 1.807) is 13.8 Å². The van der Waals surface area contributed by atoms with Crippen molar-refractivity contribution in [1.29, 1.82) is 0 Å². The minimum absolute atomic E-state index is 0.0386. The van der Waals surface area contributed by atoms with Crippen molar-refractivity contribution in [3.8, 4) is 0 Å². The number of nitrogens with two attached hydrogens (primary N) is 1. The third-order valence-electron chi connectivity index (χ3n) is 3.12. The van der Waals surface area contributed by atoms with Crippen LogP contribution in [0.15, 0.2) is 30.3 Å². The summed E-state index contributed by atoms with van der Waals surface area (Å²) in [6.45, 7) is 3.85. The molecule has 0 radical (unpaired) electrons. The molecule has 3 amide bonds. The second kappa shape index (κ2) is 9.45. The Bertz CT molecular complexity index is 531. The summed E-state index contributed by atoms with van der Waals surface area (Å²) in [5.41, 5.74) is 6.09. The van der Waals surface area contributed by atoms with E-state index in [1.165, 1.54) is 0 Å². The van der Waals surface area contributed by atoms with E-state index in [0.29, 0.717) is 0 Å². The highest BCUT2D eigenvalue weighted by Gasteiger charge is 2.21. The fourth-order valence-corrected chi connectivity index (χ4v) is 1.86. The van der Waals surface area contributed by atoms with Gasteiger partial charge in [-0.05, 0) is 11.5 Å². The normalized spacial score (nSPS) is 11.6. The van der Waals surface area contributed by atoms with Crippen LogP contribution in [0.2, 0.25) is 0 Å². The van der Waals surface area contributed by atoms with Crippen molar-refractivity contribution in [2.24, 2.45) is 11.7 Å². The van der Waals surface area contributed by atoms with Crippen molar-refractivity contribution >= 4 is 17.9 Å². The molecular weight excluding hydrogens is 298 g/mol. The minimum Gasteiger partial charge on any atom is -0.445 e. The number of rotatable bonds is 8. The molecule has 0 bridgehead atoms. The summed E-state index contributed by atoms with van der Waals surface area (Å²) >= 11 is 0. The predicted molar refractivity (Wildman–Crippen MR) is 85.2 cm³/mol. The van der Waals surface area contributed by atoms with E-state index in [0.717, 1.165) is 5.56 Å². The Morgan fingerprint density at radius 3 is 2.39 bits per heavy atom. The summed E-state index contributed by atoms with van der Waals surface area (Å²) in [6.07, 6.45) is -0.561. The van der Waals surface area contributed by atoms with E-state index in [1.807, 2.05) is 30.3 Å². The van der Waals surface area contributed by atoms with Crippen LogP contribution in [0.25, 0.3) is 0 Å². The average Bonchev–Trinajstić information content (AvgIpc) is 2.51. The predicted octanol–water partition coefficient (Wildman–Crippen LogP) is 0.929. The second-order valence-electron chi connectivity index (χ2n) is 5.43. The van der Waals surface area contributed by atoms with E-state index in [-0.39, 0.29) is 31.4 Å². The van der Waals surface area contributed by atoms with Crippen LogP contribution in [0.3, 0.4) is 0 Å². The number of benzene rings is 1. The van der Waals surface area contributed by atoms with Gasteiger partial charge < -0.3 is 21.1 Å². The molecule has 7 nitrogen and oxygen atoms in total. The van der Waals surface area contributed by atoms with Gasteiger partial charge in [0.2, 0.25) is 11.8 Å². The first-order valence-electron chi connectivity index (χ1n) is 7.43. The molecule has 0 heterocycles. The lowest BCUT2D eigenvalue weighted by Crippen LogP contribution is -2.48. The maximum atomic E-state index is 11.7. The van der Waals surface area contributed by atoms with E-state index in [4.69, 9.17) is 10.5 Å². The number of carbonyl (C=O) groups is 3. The van der Waals surface area contributed by atoms with Gasteiger partial charge in [0, 0.05) is 13.0 Å². The van der Waals surface area contributed by atoms with Crippen LogP contribution < -0.4 is 16.4 Å². The number of hydrogen-bond acceptors (Lipinski definition) is 4. The molecule has 4 N–H and O–H groups in total. The Balaban J connectivity index is 2.23. The third-order valence-corrected chi connectivity index (χ3v) is 3.12. The molecule has 126 valence electrons. The SMILES string of the molecule is CC(C)C(NC(=O)CCNC(=O)OCc1ccccc1)C(N)=O. The first kappa shape index (κ1) is 18.5. The van der Waals surface area contributed by atoms with Crippen LogP contribution >= 0.6 is 0 Å². The van der Waals surface area contributed by atoms with Crippen molar-refractivity contribution in [3.05, 3.63) is 35.9 Å². The van der Waals surface area contributed by atoms with Gasteiger partial charge in [0.25, 0.3) is 0 Å². The molecule has 0 aliphatic heterocycles. The Morgan fingerprint density at radius 1 is 1.17 bits per heavy atom. The molecule has 0 aliphatic rings. The molecule has 0 saturated carbocycles. The van der Waals surface area contributed by atoms with Crippen LogP contribution in [0, 0.1) is 5.92 Å². The summed E-state index contributed by atoms with van der Waals surface area (Å²) in [5, 5.41) is 5.02. The summed E-state index contributed by atoms with van der Waals surface area (Å²) in [5.74, 6) is -1.03. The monoisotopic (exact) mass is 321 g/mol. The molecule has 0 aromatic heterocycles. The number of amides is 3. The number of primary amides is 1. The first-order valence-corrected chi connectivity index (χ1v) is 7.43. The summed E-state index contributed by atoms with van der Waals surface area (Å²) in [4.78, 5) is 34.4. The Labute approximate surface area is 135 Å². The molecule has 0 spiro atoms. The highest BCUT2D eigenvalue weighted by molar-refractivity contribution is 5.86. The highest BCUT2D eigenvalue weighted by atomic mass is 16.5. The molecule has 1 atom stereocenters. The second-order valence-corrected chi connectivity index (χ2v) is 5.43. The maximum absolute atomic E-state index is 11.7. The minimum atomic E-state index is -0.715. The highest BCUT2D eigenvalue weighted by Crippen LogP contribution is 2.01. The zero-order chi connectivity index (χ0) is 17.2. The molecule has 0 fully saturated rings. The largest absolute Gasteiger partial charge is 0.445 e. The number of ether oxygens (including phenoxy) is 1. The van der Waals surface area contributed by atoms with E-state index >= 15 is 0 Å². The van der Waals surface area contributed by atoms with Crippen LogP contribution in [-0.2, 0) is 20.9 Å². The molecule has 0 aliphatic carbocycles. The fraction of sp³-hybridized carbons (Fsp3) is 0.438. The van der Waals surface area contributed by atoms with Crippen LogP contribution in [0.1, 0.15) is 25.8 Å². The van der Waals surface area contributed by atoms with Gasteiger partial charge >= 0.3 is 6.09 Å². The van der Waals surface area contributed by atoms with Gasteiger partial charge in [-0.1, -0.05) is 44.2 Å². The van der Waals surface area contributed by atoms with Gasteiger partial charge in [-0.25, -0.2) is 4.79 Å². The van der Waals surface area contributed by atoms with E-state index in [9.17, 15) is 14.4 Å². The van der Waals surface area contributed by atoms with Gasteiger partial charge in [0.15, 0.2) is 0 Å². The van der Waals surface area contributed by atoms with Crippen molar-refractivity contribution in [2.45, 2.75) is 32.9 Å². The van der Waals surface area contributed by atoms with Gasteiger partial charge in [0.1, 0.15) is 12.6 Å². The molecule has 0 saturated heterocycles. The number of hydrogen-bond donors (Lipinski definition) is 3. The smallest absolute Gasteiger partial charge is 0.407 e. The average molecular weight is 321 g/mol. The van der Waals surface area contributed by atoms with Gasteiger partial charge in [-0.2, -0.15) is 0 Å². The van der Waals surface area contributed by atoms with Gasteiger partial charge in [-0.15, -0.1) is 0 Å². The van der Waals surface area contributed by atoms with E-state index in [2.05, 4.69) is 10.6 Å². The summed E-state index contributed by atoms with van der Waals surface area (Å²) < 4.78 is 5.01. The van der Waals surface area contributed by atoms with Gasteiger partial charge in [-0.3, -0.25) is 9.59 Å². The number of nitrogens with one attached hydrogen (secondary N) is 2. The van der Waals surface area contributed by atoms with E-state index < -0.39 is 18.0 Å². The molecular formula is C16H23N3O4. The molecule has 1 unspecified atom stereocenters. The topological polar surface area (TPSA) is 111 Å².